The molecule has 0 fully saturated rings. The Labute approximate surface area is 232 Å². The van der Waals surface area contributed by atoms with Crippen molar-refractivity contribution in [3.63, 3.8) is 0 Å². The van der Waals surface area contributed by atoms with Gasteiger partial charge in [-0.1, -0.05) is 85.0 Å². The van der Waals surface area contributed by atoms with Gasteiger partial charge in [0, 0.05) is 38.8 Å². The fourth-order valence-electron chi connectivity index (χ4n) is 5.97. The van der Waals surface area contributed by atoms with E-state index in [0.717, 1.165) is 50.9 Å². The average Bonchev–Trinajstić information content (AvgIpc) is 3.43. The molecule has 2 aromatic heterocycles. The summed E-state index contributed by atoms with van der Waals surface area (Å²) in [5.41, 5.74) is 10.9. The molecule has 0 unspecified atom stereocenters. The Morgan fingerprint density at radius 2 is 1.35 bits per heavy atom. The molecule has 40 heavy (non-hydrogen) atoms. The highest BCUT2D eigenvalue weighted by atomic mass is 16.3. The van der Waals surface area contributed by atoms with Crippen LogP contribution in [0.15, 0.2) is 132 Å². The lowest BCUT2D eigenvalue weighted by molar-refractivity contribution is 0.671. The van der Waals surface area contributed by atoms with Gasteiger partial charge in [0.15, 0.2) is 5.58 Å². The molecule has 0 saturated heterocycles. The third-order valence-corrected chi connectivity index (χ3v) is 7.76. The maximum atomic E-state index is 6.63. The molecular weight excluding hydrogens is 488 g/mol. The van der Waals surface area contributed by atoms with E-state index in [1.54, 1.807) is 0 Å². The van der Waals surface area contributed by atoms with Crippen LogP contribution in [0.25, 0.3) is 61.8 Å². The van der Waals surface area contributed by atoms with Crippen LogP contribution in [0.1, 0.15) is 17.7 Å². The Bertz CT molecular complexity index is 2080. The van der Waals surface area contributed by atoms with E-state index in [-0.39, 0.29) is 0 Å². The first-order valence-corrected chi connectivity index (χ1v) is 13.7. The van der Waals surface area contributed by atoms with Crippen molar-refractivity contribution in [3.8, 4) is 16.8 Å². The Balaban J connectivity index is 1.45. The Morgan fingerprint density at radius 1 is 0.650 bits per heavy atom. The van der Waals surface area contributed by atoms with Crippen LogP contribution in [0.2, 0.25) is 0 Å². The predicted molar refractivity (Wildman–Crippen MR) is 168 cm³/mol. The molecule has 7 aromatic rings. The van der Waals surface area contributed by atoms with Crippen molar-refractivity contribution in [1.29, 1.82) is 0 Å². The maximum Gasteiger partial charge on any atom is 0.160 e. The molecule has 190 valence electrons. The summed E-state index contributed by atoms with van der Waals surface area (Å²) in [7, 11) is 0. The van der Waals surface area contributed by atoms with Crippen LogP contribution in [0.5, 0.6) is 0 Å². The lowest BCUT2D eigenvalue weighted by atomic mass is 9.95. The minimum Gasteiger partial charge on any atom is -0.454 e. The number of allylic oxidation sites excluding steroid dienone is 2. The molecule has 3 heteroatoms. The van der Waals surface area contributed by atoms with E-state index in [0.29, 0.717) is 0 Å². The zero-order chi connectivity index (χ0) is 26.5. The largest absolute Gasteiger partial charge is 0.454 e. The zero-order valence-electron chi connectivity index (χ0n) is 21.8. The molecule has 0 aliphatic heterocycles. The summed E-state index contributed by atoms with van der Waals surface area (Å²) < 4.78 is 9.01. The number of fused-ring (bicyclic) bond motifs is 7. The van der Waals surface area contributed by atoms with E-state index >= 15 is 0 Å². The van der Waals surface area contributed by atoms with E-state index in [4.69, 9.17) is 4.42 Å². The molecule has 3 nitrogen and oxygen atoms in total. The second kappa shape index (κ2) is 9.18. The molecular formula is C37H26N2O. The van der Waals surface area contributed by atoms with Gasteiger partial charge < -0.3 is 14.3 Å². The van der Waals surface area contributed by atoms with Gasteiger partial charge in [-0.2, -0.15) is 0 Å². The van der Waals surface area contributed by atoms with E-state index < -0.39 is 0 Å². The molecule has 0 bridgehead atoms. The molecule has 1 N–H and O–H groups in total. The zero-order valence-corrected chi connectivity index (χ0v) is 21.8. The lowest BCUT2D eigenvalue weighted by Gasteiger charge is -2.11. The topological polar surface area (TPSA) is 30.1 Å². The Morgan fingerprint density at radius 3 is 2.17 bits per heavy atom. The summed E-state index contributed by atoms with van der Waals surface area (Å²) >= 11 is 0. The number of para-hydroxylation sites is 3. The number of aromatic nitrogens is 1. The van der Waals surface area contributed by atoms with Gasteiger partial charge in [0.25, 0.3) is 0 Å². The van der Waals surface area contributed by atoms with Crippen molar-refractivity contribution in [2.75, 3.05) is 5.32 Å². The summed E-state index contributed by atoms with van der Waals surface area (Å²) in [5.74, 6) is 0. The lowest BCUT2D eigenvalue weighted by Crippen LogP contribution is -1.97. The monoisotopic (exact) mass is 514 g/mol. The molecule has 0 amide bonds. The fourth-order valence-corrected chi connectivity index (χ4v) is 5.97. The second-order valence-electron chi connectivity index (χ2n) is 10.2. The van der Waals surface area contributed by atoms with Crippen molar-refractivity contribution < 1.29 is 4.42 Å². The van der Waals surface area contributed by atoms with Gasteiger partial charge in [-0.25, -0.2) is 0 Å². The summed E-state index contributed by atoms with van der Waals surface area (Å²) in [4.78, 5) is 0. The summed E-state index contributed by atoms with van der Waals surface area (Å²) in [6.07, 6.45) is 9.93. The number of nitrogens with one attached hydrogen (secondary N) is 1. The van der Waals surface area contributed by atoms with Gasteiger partial charge in [0.1, 0.15) is 5.58 Å². The number of nitrogens with zero attached hydrogens (tertiary/aromatic N) is 1. The van der Waals surface area contributed by atoms with Crippen molar-refractivity contribution in [2.45, 2.75) is 6.42 Å². The third kappa shape index (κ3) is 3.59. The third-order valence-electron chi connectivity index (χ3n) is 7.76. The smallest absolute Gasteiger partial charge is 0.160 e. The highest BCUT2D eigenvalue weighted by Gasteiger charge is 2.25. The number of benzene rings is 5. The van der Waals surface area contributed by atoms with E-state index in [1.165, 1.54) is 27.8 Å². The van der Waals surface area contributed by atoms with E-state index in [2.05, 4.69) is 125 Å². The summed E-state index contributed by atoms with van der Waals surface area (Å²) in [6, 6.07) is 40.3. The van der Waals surface area contributed by atoms with Gasteiger partial charge in [-0.3, -0.25) is 0 Å². The Hall–Kier alpha value is -5.28. The molecule has 1 aliphatic carbocycles. The molecule has 5 aromatic carbocycles. The highest BCUT2D eigenvalue weighted by Crippen LogP contribution is 2.45. The van der Waals surface area contributed by atoms with Crippen LogP contribution in [0.4, 0.5) is 11.4 Å². The minimum atomic E-state index is 0.903. The number of anilines is 2. The average molecular weight is 515 g/mol. The first-order chi connectivity index (χ1) is 19.8. The van der Waals surface area contributed by atoms with Crippen molar-refractivity contribution >= 4 is 56.4 Å². The number of hydrogen-bond acceptors (Lipinski definition) is 2. The standard InChI is InChI=1S/C37H26N2O/c1-4-12-26(13-5-1)38-27-22-20-25(21-23-27)31-24-32-29-16-10-11-19-34(29)40-37(32)36-35(31)30-17-8-3-9-18-33(30)39(36)28-14-6-2-7-15-28/h1-2,4-24,38H,3H2. The van der Waals surface area contributed by atoms with E-state index in [1.807, 2.05) is 24.3 Å². The maximum absolute atomic E-state index is 6.63. The predicted octanol–water partition coefficient (Wildman–Crippen LogP) is 10.4. The molecule has 0 spiro atoms. The molecule has 0 saturated carbocycles. The van der Waals surface area contributed by atoms with Crippen LogP contribution in [0, 0.1) is 0 Å². The van der Waals surface area contributed by atoms with Gasteiger partial charge in [-0.05, 0) is 72.2 Å². The van der Waals surface area contributed by atoms with Crippen LogP contribution < -0.4 is 5.32 Å². The van der Waals surface area contributed by atoms with Gasteiger partial charge in [0.2, 0.25) is 0 Å². The molecule has 8 rings (SSSR count). The van der Waals surface area contributed by atoms with Crippen molar-refractivity contribution in [2.24, 2.45) is 0 Å². The first-order valence-electron chi connectivity index (χ1n) is 13.7. The second-order valence-corrected chi connectivity index (χ2v) is 10.2. The van der Waals surface area contributed by atoms with Crippen molar-refractivity contribution in [1.82, 2.24) is 4.57 Å². The number of rotatable bonds is 4. The van der Waals surface area contributed by atoms with Gasteiger partial charge in [0.05, 0.1) is 11.2 Å². The minimum absolute atomic E-state index is 0.903. The van der Waals surface area contributed by atoms with Crippen LogP contribution in [-0.4, -0.2) is 4.57 Å². The van der Waals surface area contributed by atoms with Gasteiger partial charge in [-0.15, -0.1) is 0 Å². The number of hydrogen-bond donors (Lipinski definition) is 1. The van der Waals surface area contributed by atoms with Crippen LogP contribution >= 0.6 is 0 Å². The molecule has 1 aliphatic rings. The quantitative estimate of drug-likeness (QED) is 0.253. The first kappa shape index (κ1) is 22.7. The SMILES string of the molecule is C1=Cc2c(n(-c3ccccc3)c3c2c(-c2ccc(Nc4ccccc4)cc2)cc2c4ccccc4oc23)C=CC1. The van der Waals surface area contributed by atoms with Crippen LogP contribution in [-0.2, 0) is 0 Å². The number of furan rings is 1. The van der Waals surface area contributed by atoms with Gasteiger partial charge >= 0.3 is 0 Å². The van der Waals surface area contributed by atoms with Crippen LogP contribution in [0.3, 0.4) is 0 Å². The Kier molecular flexibility index (Phi) is 5.20. The fraction of sp³-hybridized carbons (Fsp3) is 0.0270. The molecule has 2 heterocycles. The summed E-state index contributed by atoms with van der Waals surface area (Å²) in [6.45, 7) is 0. The van der Waals surface area contributed by atoms with E-state index in [9.17, 15) is 0 Å². The molecule has 0 radical (unpaired) electrons. The summed E-state index contributed by atoms with van der Waals surface area (Å²) in [5, 5.41) is 6.98. The highest BCUT2D eigenvalue weighted by molar-refractivity contribution is 6.21. The molecule has 0 atom stereocenters. The van der Waals surface area contributed by atoms with Crippen molar-refractivity contribution in [3.05, 3.63) is 139 Å². The normalized spacial score (nSPS) is 12.7.